The Hall–Kier alpha value is -2.82. The number of carbonyl (C=O) groups excluding carboxylic acids is 1. The van der Waals surface area contributed by atoms with Crippen molar-refractivity contribution in [3.8, 4) is 5.75 Å². The Morgan fingerprint density at radius 1 is 1.10 bits per heavy atom. The molecule has 0 saturated carbocycles. The van der Waals surface area contributed by atoms with E-state index >= 15 is 0 Å². The highest BCUT2D eigenvalue weighted by molar-refractivity contribution is 5.94. The van der Waals surface area contributed by atoms with Gasteiger partial charge in [-0.3, -0.25) is 5.41 Å². The maximum absolute atomic E-state index is 11.6. The standard InChI is InChI=1S/C15H15N3O2/c16-14(17)12-8-6-11(7-9-12)10-18-15(19)20-13-4-2-1-3-5-13/h1-9H,10H2,(H3,16,17)(H,18,19). The molecule has 4 N–H and O–H groups in total. The number of hydrogen-bond acceptors (Lipinski definition) is 3. The number of benzene rings is 2. The molecule has 0 atom stereocenters. The monoisotopic (exact) mass is 269 g/mol. The summed E-state index contributed by atoms with van der Waals surface area (Å²) >= 11 is 0. The smallest absolute Gasteiger partial charge is 0.410 e. The van der Waals surface area contributed by atoms with Gasteiger partial charge < -0.3 is 15.8 Å². The van der Waals surface area contributed by atoms with Gasteiger partial charge in [0.15, 0.2) is 0 Å². The first-order valence-electron chi connectivity index (χ1n) is 6.09. The number of rotatable bonds is 4. The highest BCUT2D eigenvalue weighted by Crippen LogP contribution is 2.08. The van der Waals surface area contributed by atoms with Crippen LogP contribution in [0, 0.1) is 5.41 Å². The van der Waals surface area contributed by atoms with Crippen LogP contribution in [0.5, 0.6) is 5.75 Å². The molecule has 5 heteroatoms. The van der Waals surface area contributed by atoms with Crippen LogP contribution in [0.25, 0.3) is 0 Å². The van der Waals surface area contributed by atoms with Crippen LogP contribution in [0.1, 0.15) is 11.1 Å². The van der Waals surface area contributed by atoms with Crippen molar-refractivity contribution in [2.45, 2.75) is 6.54 Å². The number of ether oxygens (including phenoxy) is 1. The second kappa shape index (κ2) is 6.38. The molecule has 0 spiro atoms. The number of nitrogens with two attached hydrogens (primary N) is 1. The fourth-order valence-corrected chi connectivity index (χ4v) is 1.61. The van der Waals surface area contributed by atoms with Crippen LogP contribution in [0.2, 0.25) is 0 Å². The zero-order chi connectivity index (χ0) is 14.4. The molecule has 0 saturated heterocycles. The van der Waals surface area contributed by atoms with Crippen molar-refractivity contribution in [1.29, 1.82) is 5.41 Å². The fraction of sp³-hybridized carbons (Fsp3) is 0.0667. The van der Waals surface area contributed by atoms with E-state index in [1.165, 1.54) is 0 Å². The predicted molar refractivity (Wildman–Crippen MR) is 76.8 cm³/mol. The third-order valence-corrected chi connectivity index (χ3v) is 2.66. The predicted octanol–water partition coefficient (Wildman–Crippen LogP) is 2.26. The lowest BCUT2D eigenvalue weighted by Gasteiger charge is -2.07. The van der Waals surface area contributed by atoms with Gasteiger partial charge in [0.05, 0.1) is 0 Å². The number of amides is 1. The summed E-state index contributed by atoms with van der Waals surface area (Å²) in [6.07, 6.45) is -0.508. The van der Waals surface area contributed by atoms with Gasteiger partial charge in [0.2, 0.25) is 0 Å². The van der Waals surface area contributed by atoms with Gasteiger partial charge in [-0.2, -0.15) is 0 Å². The molecule has 0 radical (unpaired) electrons. The van der Waals surface area contributed by atoms with Crippen LogP contribution in [-0.2, 0) is 6.54 Å². The largest absolute Gasteiger partial charge is 0.412 e. The summed E-state index contributed by atoms with van der Waals surface area (Å²) in [5.41, 5.74) is 6.92. The van der Waals surface area contributed by atoms with E-state index in [0.717, 1.165) is 5.56 Å². The lowest BCUT2D eigenvalue weighted by Crippen LogP contribution is -2.26. The Morgan fingerprint density at radius 3 is 2.35 bits per heavy atom. The molecular formula is C15H15N3O2. The highest BCUT2D eigenvalue weighted by atomic mass is 16.5. The van der Waals surface area contributed by atoms with Crippen molar-refractivity contribution in [2.75, 3.05) is 0 Å². The van der Waals surface area contributed by atoms with E-state index in [-0.39, 0.29) is 5.84 Å². The van der Waals surface area contributed by atoms with Crippen molar-refractivity contribution in [3.05, 3.63) is 65.7 Å². The van der Waals surface area contributed by atoms with E-state index in [9.17, 15) is 4.79 Å². The molecule has 5 nitrogen and oxygen atoms in total. The van der Waals surface area contributed by atoms with Gasteiger partial charge in [0, 0.05) is 12.1 Å². The van der Waals surface area contributed by atoms with Crippen molar-refractivity contribution in [3.63, 3.8) is 0 Å². The van der Waals surface area contributed by atoms with Crippen molar-refractivity contribution < 1.29 is 9.53 Å². The minimum Gasteiger partial charge on any atom is -0.410 e. The quantitative estimate of drug-likeness (QED) is 0.587. The summed E-state index contributed by atoms with van der Waals surface area (Å²) in [5.74, 6) is 0.518. The van der Waals surface area contributed by atoms with Gasteiger partial charge in [0.25, 0.3) is 0 Å². The van der Waals surface area contributed by atoms with Crippen LogP contribution in [-0.4, -0.2) is 11.9 Å². The molecule has 0 unspecified atom stereocenters. The van der Waals surface area contributed by atoms with E-state index in [1.807, 2.05) is 6.07 Å². The number of para-hydroxylation sites is 1. The van der Waals surface area contributed by atoms with E-state index in [4.69, 9.17) is 15.9 Å². The molecule has 0 aliphatic carbocycles. The lowest BCUT2D eigenvalue weighted by molar-refractivity contribution is 0.200. The Morgan fingerprint density at radius 2 is 1.75 bits per heavy atom. The van der Waals surface area contributed by atoms with E-state index in [1.54, 1.807) is 48.5 Å². The minimum atomic E-state index is -0.508. The number of nitrogens with one attached hydrogen (secondary N) is 2. The van der Waals surface area contributed by atoms with Crippen molar-refractivity contribution in [2.24, 2.45) is 5.73 Å². The van der Waals surface area contributed by atoms with Gasteiger partial charge >= 0.3 is 6.09 Å². The van der Waals surface area contributed by atoms with Crippen LogP contribution in [0.15, 0.2) is 54.6 Å². The first kappa shape index (κ1) is 13.6. The van der Waals surface area contributed by atoms with E-state index in [2.05, 4.69) is 5.32 Å². The second-order valence-corrected chi connectivity index (χ2v) is 4.17. The number of carbonyl (C=O) groups is 1. The number of hydrogen-bond donors (Lipinski definition) is 3. The Kier molecular flexibility index (Phi) is 4.34. The Labute approximate surface area is 116 Å². The minimum absolute atomic E-state index is 0.0213. The van der Waals surface area contributed by atoms with Crippen LogP contribution in [0.4, 0.5) is 4.79 Å². The van der Waals surface area contributed by atoms with Crippen molar-refractivity contribution in [1.82, 2.24) is 5.32 Å². The Balaban J connectivity index is 1.85. The summed E-state index contributed by atoms with van der Waals surface area (Å²) in [7, 11) is 0. The van der Waals surface area contributed by atoms with Gasteiger partial charge in [0.1, 0.15) is 11.6 Å². The molecule has 0 bridgehead atoms. The summed E-state index contributed by atoms with van der Waals surface area (Å²) in [6.45, 7) is 0.351. The third kappa shape index (κ3) is 3.84. The summed E-state index contributed by atoms with van der Waals surface area (Å²) in [4.78, 5) is 11.6. The molecule has 0 aromatic heterocycles. The maximum atomic E-state index is 11.6. The number of nitrogen functional groups attached to an aromatic ring is 1. The normalized spacial score (nSPS) is 9.80. The van der Waals surface area contributed by atoms with Crippen LogP contribution in [0.3, 0.4) is 0 Å². The van der Waals surface area contributed by atoms with Gasteiger partial charge in [-0.25, -0.2) is 4.79 Å². The average molecular weight is 269 g/mol. The summed E-state index contributed by atoms with van der Waals surface area (Å²) in [6, 6.07) is 15.9. The summed E-state index contributed by atoms with van der Waals surface area (Å²) < 4.78 is 5.09. The van der Waals surface area contributed by atoms with E-state index in [0.29, 0.717) is 17.9 Å². The zero-order valence-corrected chi connectivity index (χ0v) is 10.8. The molecule has 102 valence electrons. The molecule has 0 fully saturated rings. The van der Waals surface area contributed by atoms with Gasteiger partial charge in [-0.1, -0.05) is 42.5 Å². The van der Waals surface area contributed by atoms with Crippen LogP contribution < -0.4 is 15.8 Å². The Bertz CT molecular complexity index is 594. The fourth-order valence-electron chi connectivity index (χ4n) is 1.61. The van der Waals surface area contributed by atoms with E-state index < -0.39 is 6.09 Å². The molecule has 2 rings (SSSR count). The van der Waals surface area contributed by atoms with Gasteiger partial charge in [-0.15, -0.1) is 0 Å². The molecule has 2 aromatic carbocycles. The number of amidine groups is 1. The molecule has 0 aliphatic rings. The summed E-state index contributed by atoms with van der Waals surface area (Å²) in [5, 5.41) is 9.94. The zero-order valence-electron chi connectivity index (χ0n) is 10.8. The molecule has 1 amide bonds. The SMILES string of the molecule is N=C(N)c1ccc(CNC(=O)Oc2ccccc2)cc1. The third-order valence-electron chi connectivity index (χ3n) is 2.66. The topological polar surface area (TPSA) is 88.2 Å². The molecule has 20 heavy (non-hydrogen) atoms. The molecular weight excluding hydrogens is 254 g/mol. The first-order valence-corrected chi connectivity index (χ1v) is 6.09. The second-order valence-electron chi connectivity index (χ2n) is 4.17. The van der Waals surface area contributed by atoms with Crippen LogP contribution >= 0.6 is 0 Å². The van der Waals surface area contributed by atoms with Gasteiger partial charge in [-0.05, 0) is 17.7 Å². The molecule has 0 aliphatic heterocycles. The lowest BCUT2D eigenvalue weighted by atomic mass is 10.1. The average Bonchev–Trinajstić information content (AvgIpc) is 2.46. The highest BCUT2D eigenvalue weighted by Gasteiger charge is 2.04. The molecule has 0 heterocycles. The first-order chi connectivity index (χ1) is 9.65. The van der Waals surface area contributed by atoms with Crippen molar-refractivity contribution >= 4 is 11.9 Å². The molecule has 2 aromatic rings. The maximum Gasteiger partial charge on any atom is 0.412 e.